The molecule has 4 N–H and O–H groups in total. The SMILES string of the molecule is Nc1ccc(N2C(=O)c3ccc(C(=O)c4ccc5c(c4)C(=O)N(c4ccc(N)cc4S(=O)(=O)c4ccccc4)C5=O)cc3C2=O)c(S(=O)(=O)c2ccccc2)c1. The zero-order chi connectivity index (χ0) is 39.7. The Kier molecular flexibility index (Phi) is 8.29. The lowest BCUT2D eigenvalue weighted by atomic mass is 9.96. The highest BCUT2D eigenvalue weighted by atomic mass is 32.2. The summed E-state index contributed by atoms with van der Waals surface area (Å²) in [6, 6.07) is 30.0. The number of nitrogen functional groups attached to an aromatic ring is 2. The van der Waals surface area contributed by atoms with Gasteiger partial charge >= 0.3 is 0 Å². The Balaban J connectivity index is 1.12. The number of fused-ring (bicyclic) bond motifs is 2. The molecule has 0 aliphatic carbocycles. The molecule has 13 nitrogen and oxygen atoms in total. The van der Waals surface area contributed by atoms with E-state index in [1.165, 1.54) is 109 Å². The van der Waals surface area contributed by atoms with Crippen LogP contribution in [0.15, 0.2) is 153 Å². The summed E-state index contributed by atoms with van der Waals surface area (Å²) in [5.41, 5.74) is 11.0. The molecule has 15 heteroatoms. The Morgan fingerprint density at radius 1 is 0.429 bits per heavy atom. The standard InChI is InChI=1S/C41H26N4O9S2/c42-25-13-17-33(35(21-25)55(51,52)27-7-3-1-4-8-27)44-38(47)29-15-11-23(19-31(29)40(44)49)37(46)24-12-16-30-32(20-24)41(50)45(39(30)48)34-18-14-26(43)22-36(34)56(53,54)28-9-5-2-6-10-28/h1-22H,42-43H2. The average molecular weight is 783 g/mol. The van der Waals surface area contributed by atoms with Gasteiger partial charge in [-0.05, 0) is 84.9 Å². The Hall–Kier alpha value is -7.23. The molecule has 2 aliphatic heterocycles. The molecular weight excluding hydrogens is 757 g/mol. The van der Waals surface area contributed by atoms with Crippen LogP contribution in [0.4, 0.5) is 22.7 Å². The van der Waals surface area contributed by atoms with Crippen LogP contribution in [0.25, 0.3) is 0 Å². The fourth-order valence-electron chi connectivity index (χ4n) is 6.68. The van der Waals surface area contributed by atoms with Crippen LogP contribution in [0, 0.1) is 0 Å². The van der Waals surface area contributed by atoms with E-state index in [1.807, 2.05) is 0 Å². The first-order valence-corrected chi connectivity index (χ1v) is 19.7. The lowest BCUT2D eigenvalue weighted by Crippen LogP contribution is -2.31. The van der Waals surface area contributed by atoms with E-state index in [0.29, 0.717) is 9.80 Å². The normalized spacial score (nSPS) is 13.9. The number of amides is 4. The van der Waals surface area contributed by atoms with Crippen LogP contribution in [0.3, 0.4) is 0 Å². The zero-order valence-electron chi connectivity index (χ0n) is 28.7. The van der Waals surface area contributed by atoms with Crippen molar-refractivity contribution in [3.63, 3.8) is 0 Å². The van der Waals surface area contributed by atoms with Gasteiger partial charge in [0.2, 0.25) is 19.7 Å². The summed E-state index contributed by atoms with van der Waals surface area (Å²) in [6.45, 7) is 0. The van der Waals surface area contributed by atoms with Crippen molar-refractivity contribution in [2.24, 2.45) is 0 Å². The third kappa shape index (κ3) is 5.56. The number of nitrogens with zero attached hydrogens (tertiary/aromatic N) is 2. The maximum atomic E-state index is 13.9. The second-order valence-electron chi connectivity index (χ2n) is 12.8. The first kappa shape index (κ1) is 35.8. The molecule has 2 aliphatic rings. The van der Waals surface area contributed by atoms with Gasteiger partial charge in [-0.15, -0.1) is 0 Å². The van der Waals surface area contributed by atoms with Crippen molar-refractivity contribution in [3.8, 4) is 0 Å². The molecule has 0 fully saturated rings. The summed E-state index contributed by atoms with van der Waals surface area (Å²) in [5.74, 6) is -4.09. The lowest BCUT2D eigenvalue weighted by Gasteiger charge is -2.19. The molecule has 0 radical (unpaired) electrons. The van der Waals surface area contributed by atoms with Gasteiger partial charge in [0.25, 0.3) is 23.6 Å². The van der Waals surface area contributed by atoms with Crippen LogP contribution in [-0.2, 0) is 19.7 Å². The third-order valence-electron chi connectivity index (χ3n) is 9.43. The van der Waals surface area contributed by atoms with Crippen molar-refractivity contribution < 1.29 is 40.8 Å². The highest BCUT2D eigenvalue weighted by molar-refractivity contribution is 7.92. The molecule has 0 aromatic heterocycles. The molecule has 0 unspecified atom stereocenters. The first-order valence-electron chi connectivity index (χ1n) is 16.7. The molecule has 0 bridgehead atoms. The number of rotatable bonds is 8. The van der Waals surface area contributed by atoms with Gasteiger partial charge in [0.1, 0.15) is 0 Å². The van der Waals surface area contributed by atoms with Gasteiger partial charge in [0.15, 0.2) is 5.78 Å². The molecule has 0 spiro atoms. The first-order chi connectivity index (χ1) is 26.7. The van der Waals surface area contributed by atoms with E-state index < -0.39 is 49.1 Å². The van der Waals surface area contributed by atoms with Crippen molar-refractivity contribution in [3.05, 3.63) is 167 Å². The van der Waals surface area contributed by atoms with Gasteiger partial charge in [-0.2, -0.15) is 0 Å². The molecule has 56 heavy (non-hydrogen) atoms. The van der Waals surface area contributed by atoms with Crippen molar-refractivity contribution in [1.29, 1.82) is 0 Å². The van der Waals surface area contributed by atoms with Gasteiger partial charge in [-0.3, -0.25) is 24.0 Å². The minimum absolute atomic E-state index is 0.0514. The summed E-state index contributed by atoms with van der Waals surface area (Å²) in [5, 5.41) is 0. The number of sulfone groups is 2. The van der Waals surface area contributed by atoms with E-state index in [-0.39, 0.29) is 75.7 Å². The summed E-state index contributed by atoms with van der Waals surface area (Å²) >= 11 is 0. The predicted molar refractivity (Wildman–Crippen MR) is 204 cm³/mol. The second-order valence-corrected chi connectivity index (χ2v) is 16.7. The quantitative estimate of drug-likeness (QED) is 0.114. The van der Waals surface area contributed by atoms with Crippen LogP contribution in [0.1, 0.15) is 57.4 Å². The lowest BCUT2D eigenvalue weighted by molar-refractivity contribution is 0.0909. The monoisotopic (exact) mass is 782 g/mol. The van der Waals surface area contributed by atoms with Crippen LogP contribution in [0.2, 0.25) is 0 Å². The molecule has 0 saturated carbocycles. The number of nitrogens with two attached hydrogens (primary N) is 2. The molecule has 2 heterocycles. The Bertz CT molecular complexity index is 2770. The number of carbonyl (C=O) groups is 5. The number of hydrogen-bond donors (Lipinski definition) is 2. The van der Waals surface area contributed by atoms with Crippen LogP contribution in [-0.4, -0.2) is 46.2 Å². The smallest absolute Gasteiger partial charge is 0.266 e. The fourth-order valence-corrected chi connectivity index (χ4v) is 9.67. The van der Waals surface area contributed by atoms with E-state index in [0.717, 1.165) is 12.1 Å². The Morgan fingerprint density at radius 3 is 1.16 bits per heavy atom. The van der Waals surface area contributed by atoms with Crippen molar-refractivity contribution >= 4 is 71.8 Å². The summed E-state index contributed by atoms with van der Waals surface area (Å²) in [6.07, 6.45) is 0. The predicted octanol–water partition coefficient (Wildman–Crippen LogP) is 5.35. The number of imide groups is 2. The minimum atomic E-state index is -4.25. The highest BCUT2D eigenvalue weighted by Crippen LogP contribution is 2.39. The number of hydrogen-bond acceptors (Lipinski definition) is 11. The molecule has 276 valence electrons. The molecule has 0 saturated heterocycles. The summed E-state index contributed by atoms with van der Waals surface area (Å²) < 4.78 is 54.7. The Labute approximate surface area is 319 Å². The van der Waals surface area contributed by atoms with E-state index in [2.05, 4.69) is 0 Å². The van der Waals surface area contributed by atoms with E-state index in [1.54, 1.807) is 12.1 Å². The second kappa shape index (κ2) is 13.0. The van der Waals surface area contributed by atoms with Gasteiger partial charge in [0, 0.05) is 22.5 Å². The average Bonchev–Trinajstić information content (AvgIpc) is 3.60. The van der Waals surface area contributed by atoms with Crippen molar-refractivity contribution in [1.82, 2.24) is 0 Å². The number of anilines is 4. The molecule has 4 amide bonds. The number of carbonyl (C=O) groups excluding carboxylic acids is 5. The summed E-state index contributed by atoms with van der Waals surface area (Å²) in [4.78, 5) is 69.4. The summed E-state index contributed by atoms with van der Waals surface area (Å²) in [7, 11) is -8.50. The zero-order valence-corrected chi connectivity index (χ0v) is 30.4. The maximum Gasteiger partial charge on any atom is 0.266 e. The van der Waals surface area contributed by atoms with Crippen LogP contribution in [0.5, 0.6) is 0 Å². The van der Waals surface area contributed by atoms with E-state index in [9.17, 15) is 40.8 Å². The molecule has 8 rings (SSSR count). The molecule has 6 aromatic rings. The van der Waals surface area contributed by atoms with Crippen LogP contribution < -0.4 is 21.3 Å². The maximum absolute atomic E-state index is 13.9. The third-order valence-corrected chi connectivity index (χ3v) is 13.0. The topological polar surface area (TPSA) is 212 Å². The number of ketones is 1. The van der Waals surface area contributed by atoms with Gasteiger partial charge in [0.05, 0.1) is 53.2 Å². The van der Waals surface area contributed by atoms with Gasteiger partial charge < -0.3 is 11.5 Å². The molecule has 0 atom stereocenters. The van der Waals surface area contributed by atoms with Crippen molar-refractivity contribution in [2.45, 2.75) is 19.6 Å². The van der Waals surface area contributed by atoms with Crippen LogP contribution >= 0.6 is 0 Å². The van der Waals surface area contributed by atoms with Crippen molar-refractivity contribution in [2.75, 3.05) is 21.3 Å². The largest absolute Gasteiger partial charge is 0.399 e. The van der Waals surface area contributed by atoms with Gasteiger partial charge in [-0.1, -0.05) is 48.5 Å². The Morgan fingerprint density at radius 2 is 0.786 bits per heavy atom. The molecule has 6 aromatic carbocycles. The van der Waals surface area contributed by atoms with Gasteiger partial charge in [-0.25, -0.2) is 26.6 Å². The number of benzene rings is 6. The fraction of sp³-hybridized carbons (Fsp3) is 0. The van der Waals surface area contributed by atoms with E-state index in [4.69, 9.17) is 11.5 Å². The van der Waals surface area contributed by atoms with E-state index >= 15 is 0 Å². The minimum Gasteiger partial charge on any atom is -0.399 e. The molecular formula is C41H26N4O9S2. The highest BCUT2D eigenvalue weighted by Gasteiger charge is 2.42.